The van der Waals surface area contributed by atoms with E-state index in [4.69, 9.17) is 16.2 Å². The van der Waals surface area contributed by atoms with Gasteiger partial charge in [0.05, 0.1) is 0 Å². The van der Waals surface area contributed by atoms with Gasteiger partial charge in [0.15, 0.2) is 0 Å². The van der Waals surface area contributed by atoms with Gasteiger partial charge in [0.25, 0.3) is 0 Å². The molecule has 0 aromatic rings. The highest BCUT2D eigenvalue weighted by Crippen LogP contribution is 2.12. The number of hydrogen-bond donors (Lipinski definition) is 4. The van der Waals surface area contributed by atoms with E-state index in [1.165, 1.54) is 0 Å². The molecule has 13 heavy (non-hydrogen) atoms. The molecule has 0 spiro atoms. The van der Waals surface area contributed by atoms with Gasteiger partial charge >= 0.3 is 8.56 Å². The van der Waals surface area contributed by atoms with Crippen molar-refractivity contribution in [3.8, 4) is 0 Å². The van der Waals surface area contributed by atoms with E-state index in [0.29, 0.717) is 12.6 Å². The Hall–Kier alpha value is -0.0231. The van der Waals surface area contributed by atoms with E-state index in [-0.39, 0.29) is 0 Å². The molecule has 0 aliphatic rings. The molecule has 0 amide bonds. The van der Waals surface area contributed by atoms with Crippen molar-refractivity contribution in [1.82, 2.24) is 5.32 Å². The molecule has 0 saturated carbocycles. The van der Waals surface area contributed by atoms with E-state index in [1.807, 2.05) is 0 Å². The van der Waals surface area contributed by atoms with E-state index < -0.39 is 8.56 Å². The molecule has 0 bridgehead atoms. The highest BCUT2D eigenvalue weighted by molar-refractivity contribution is 6.65. The lowest BCUT2D eigenvalue weighted by molar-refractivity contribution is -0.237. The average molecular weight is 210 g/mol. The van der Waals surface area contributed by atoms with Crippen molar-refractivity contribution in [2.24, 2.45) is 5.73 Å². The molecule has 0 rings (SSSR count). The smallest absolute Gasteiger partial charge is 0.329 e. The summed E-state index contributed by atoms with van der Waals surface area (Å²) in [5.41, 5.74) is 5.27. The van der Waals surface area contributed by atoms with Crippen LogP contribution in [-0.2, 0) is 9.15 Å². The first-order valence-corrected chi connectivity index (χ1v) is 6.77. The fraction of sp³-hybridized carbons (Fsp3) is 1.00. The highest BCUT2D eigenvalue weighted by Gasteiger charge is 2.32. The Morgan fingerprint density at radius 1 is 1.31 bits per heavy atom. The van der Waals surface area contributed by atoms with E-state index in [1.54, 1.807) is 6.55 Å². The molecule has 0 unspecified atom stereocenters. The van der Waals surface area contributed by atoms with E-state index in [0.717, 1.165) is 19.5 Å². The predicted molar refractivity (Wildman–Crippen MR) is 50.4 cm³/mol. The zero-order valence-electron chi connectivity index (χ0n) is 7.82. The molecule has 0 aliphatic heterocycles. The molecule has 0 saturated heterocycles. The Morgan fingerprint density at radius 2 is 1.92 bits per heavy atom. The Kier molecular flexibility index (Phi) is 7.37. The zero-order chi connectivity index (χ0) is 10.2. The van der Waals surface area contributed by atoms with Crippen molar-refractivity contribution in [3.05, 3.63) is 0 Å². The van der Waals surface area contributed by atoms with Crippen LogP contribution in [0.25, 0.3) is 0 Å². The molecular weight excluding hydrogens is 192 g/mol. The van der Waals surface area contributed by atoms with Crippen molar-refractivity contribution >= 4 is 8.56 Å². The van der Waals surface area contributed by atoms with Crippen LogP contribution in [0.3, 0.4) is 0 Å². The fourth-order valence-electron chi connectivity index (χ4n) is 0.870. The summed E-state index contributed by atoms with van der Waals surface area (Å²) < 4.78 is 8.22. The van der Waals surface area contributed by atoms with Crippen LogP contribution in [0.15, 0.2) is 0 Å². The first-order valence-electron chi connectivity index (χ1n) is 4.24. The third-order valence-corrected chi connectivity index (χ3v) is 3.73. The van der Waals surface area contributed by atoms with E-state index in [9.17, 15) is 0 Å². The first-order chi connectivity index (χ1) is 6.18. The summed E-state index contributed by atoms with van der Waals surface area (Å²) in [6.07, 6.45) is 0.768. The monoisotopic (exact) mass is 210 g/mol. The molecule has 6 nitrogen and oxygen atoms in total. The van der Waals surface area contributed by atoms with Crippen LogP contribution in [0.4, 0.5) is 0 Å². The van der Waals surface area contributed by atoms with Gasteiger partial charge < -0.3 is 11.1 Å². The van der Waals surface area contributed by atoms with Crippen molar-refractivity contribution in [1.29, 1.82) is 0 Å². The topological polar surface area (TPSA) is 97.0 Å². The number of rotatable bonds is 8. The standard InChI is InChI=1S/C6H18N2O4Si/c1-13(11-9,12-10)6-2-4-8-5-3-7/h8-10H,2-7H2,1H3. The largest absolute Gasteiger partial charge is 0.406 e. The second-order valence-electron chi connectivity index (χ2n) is 2.96. The zero-order valence-corrected chi connectivity index (χ0v) is 8.82. The average Bonchev–Trinajstić information content (AvgIpc) is 2.17. The second-order valence-corrected chi connectivity index (χ2v) is 6.09. The quantitative estimate of drug-likeness (QED) is 0.194. The first kappa shape index (κ1) is 13.0. The highest BCUT2D eigenvalue weighted by atomic mass is 28.4. The van der Waals surface area contributed by atoms with Crippen molar-refractivity contribution < 1.29 is 19.7 Å². The molecule has 7 heteroatoms. The maximum absolute atomic E-state index is 8.42. The molecule has 0 radical (unpaired) electrons. The van der Waals surface area contributed by atoms with Crippen LogP contribution in [0.2, 0.25) is 12.6 Å². The Balaban J connectivity index is 3.39. The van der Waals surface area contributed by atoms with Gasteiger partial charge in [-0.1, -0.05) is 0 Å². The van der Waals surface area contributed by atoms with Crippen LogP contribution in [0.5, 0.6) is 0 Å². The molecule has 0 aliphatic carbocycles. The third-order valence-electron chi connectivity index (χ3n) is 1.69. The minimum absolute atomic E-state index is 0.525. The third kappa shape index (κ3) is 6.10. The predicted octanol–water partition coefficient (Wildman–Crippen LogP) is -0.0240. The van der Waals surface area contributed by atoms with Crippen molar-refractivity contribution in [2.75, 3.05) is 19.6 Å². The summed E-state index contributed by atoms with van der Waals surface area (Å²) >= 11 is 0. The SMILES string of the molecule is C[Si](CCCNCCN)(OO)OO. The van der Waals surface area contributed by atoms with Gasteiger partial charge in [-0.05, 0) is 25.6 Å². The van der Waals surface area contributed by atoms with Crippen LogP contribution in [0.1, 0.15) is 6.42 Å². The summed E-state index contributed by atoms with van der Waals surface area (Å²) in [5, 5.41) is 19.9. The molecule has 0 heterocycles. The lowest BCUT2D eigenvalue weighted by atomic mass is 10.5. The van der Waals surface area contributed by atoms with Gasteiger partial charge in [-0.25, -0.2) is 0 Å². The van der Waals surface area contributed by atoms with Gasteiger partial charge in [-0.3, -0.25) is 19.7 Å². The van der Waals surface area contributed by atoms with E-state index in [2.05, 4.69) is 14.5 Å². The maximum atomic E-state index is 8.42. The van der Waals surface area contributed by atoms with Crippen molar-refractivity contribution in [3.63, 3.8) is 0 Å². The maximum Gasteiger partial charge on any atom is 0.406 e. The van der Waals surface area contributed by atoms with Gasteiger partial charge in [0.2, 0.25) is 0 Å². The minimum atomic E-state index is -2.72. The number of hydrogen-bond acceptors (Lipinski definition) is 6. The Labute approximate surface area is 78.8 Å². The summed E-state index contributed by atoms with van der Waals surface area (Å²) in [6.45, 7) is 3.71. The summed E-state index contributed by atoms with van der Waals surface area (Å²) in [5.74, 6) is 0. The minimum Gasteiger partial charge on any atom is -0.329 e. The fourth-order valence-corrected chi connectivity index (χ4v) is 1.90. The van der Waals surface area contributed by atoms with Gasteiger partial charge in [-0.15, -0.1) is 0 Å². The molecular formula is C6H18N2O4Si. The van der Waals surface area contributed by atoms with Crippen LogP contribution >= 0.6 is 0 Å². The molecule has 0 fully saturated rings. The second kappa shape index (κ2) is 7.39. The van der Waals surface area contributed by atoms with Gasteiger partial charge in [0.1, 0.15) is 0 Å². The summed E-state index contributed by atoms with van der Waals surface area (Å²) in [7, 11) is -2.72. The molecule has 0 atom stereocenters. The normalized spacial score (nSPS) is 12.0. The van der Waals surface area contributed by atoms with E-state index >= 15 is 0 Å². The van der Waals surface area contributed by atoms with Crippen LogP contribution in [0, 0.1) is 0 Å². The Bertz CT molecular complexity index is 123. The number of nitrogens with one attached hydrogen (secondary N) is 1. The summed E-state index contributed by atoms with van der Waals surface area (Å²) in [6, 6.07) is 0.525. The lowest BCUT2D eigenvalue weighted by Crippen LogP contribution is -2.37. The molecule has 5 N–H and O–H groups in total. The molecule has 0 aromatic carbocycles. The molecule has 0 aromatic heterocycles. The molecule has 80 valence electrons. The Morgan fingerprint density at radius 3 is 2.38 bits per heavy atom. The van der Waals surface area contributed by atoms with Gasteiger partial charge in [0, 0.05) is 13.1 Å². The van der Waals surface area contributed by atoms with Crippen molar-refractivity contribution in [2.45, 2.75) is 19.0 Å². The van der Waals surface area contributed by atoms with Crippen LogP contribution < -0.4 is 11.1 Å². The van der Waals surface area contributed by atoms with Crippen LogP contribution in [-0.4, -0.2) is 38.7 Å². The lowest BCUT2D eigenvalue weighted by Gasteiger charge is -2.17. The summed E-state index contributed by atoms with van der Waals surface area (Å²) in [4.78, 5) is 0. The number of nitrogens with two attached hydrogens (primary N) is 1. The van der Waals surface area contributed by atoms with Gasteiger partial charge in [-0.2, -0.15) is 0 Å².